The molecule has 1 aliphatic carbocycles. The van der Waals surface area contributed by atoms with Gasteiger partial charge in [0.1, 0.15) is 6.04 Å². The average molecular weight is 552 g/mol. The van der Waals surface area contributed by atoms with E-state index in [0.29, 0.717) is 31.8 Å². The van der Waals surface area contributed by atoms with Crippen LogP contribution in [0.3, 0.4) is 0 Å². The molecule has 1 saturated carbocycles. The van der Waals surface area contributed by atoms with Crippen LogP contribution in [0.2, 0.25) is 0 Å². The summed E-state index contributed by atoms with van der Waals surface area (Å²) in [7, 11) is -1.52. The monoisotopic (exact) mass is 551 g/mol. The van der Waals surface area contributed by atoms with Crippen LogP contribution in [0.25, 0.3) is 0 Å². The first-order chi connectivity index (χ1) is 17.9. The summed E-state index contributed by atoms with van der Waals surface area (Å²) < 4.78 is 66.1. The van der Waals surface area contributed by atoms with Crippen molar-refractivity contribution in [3.8, 4) is 0 Å². The zero-order chi connectivity index (χ0) is 27.7. The van der Waals surface area contributed by atoms with Gasteiger partial charge in [0.25, 0.3) is 0 Å². The Hall–Kier alpha value is -2.59. The van der Waals surface area contributed by atoms with Gasteiger partial charge < -0.3 is 15.1 Å². The number of benzene rings is 2. The second-order valence-electron chi connectivity index (χ2n) is 10.7. The van der Waals surface area contributed by atoms with Crippen LogP contribution >= 0.6 is 0 Å². The fourth-order valence-corrected chi connectivity index (χ4v) is 7.45. The van der Waals surface area contributed by atoms with E-state index in [2.05, 4.69) is 31.1 Å². The molecule has 38 heavy (non-hydrogen) atoms. The Balaban J connectivity index is 1.53. The van der Waals surface area contributed by atoms with Gasteiger partial charge in [-0.1, -0.05) is 24.3 Å². The second kappa shape index (κ2) is 11.3. The molecule has 2 aromatic carbocycles. The molecule has 1 aliphatic heterocycles. The minimum Gasteiger partial charge on any atom is -0.374 e. The molecule has 1 heterocycles. The molecule has 1 N–H and O–H groups in total. The number of carbonyl (C=O) groups excluding carboxylic acids is 1. The predicted octanol–water partition coefficient (Wildman–Crippen LogP) is 5.07. The summed E-state index contributed by atoms with van der Waals surface area (Å²) in [5.41, 5.74) is -0.533. The molecule has 4 rings (SSSR count). The molecule has 1 amide bonds. The SMILES string of the molecule is CC(C)N(C)C1CCC(N2CCC(Nc3cccc(C(F)(F)F)c3)C2=O)[C@H](CS(=O)(=O)c2ccccc2)C1. The molecule has 0 aromatic heterocycles. The van der Waals surface area contributed by atoms with Crippen molar-refractivity contribution in [3.63, 3.8) is 0 Å². The molecular formula is C28H36F3N3O3S. The smallest absolute Gasteiger partial charge is 0.374 e. The van der Waals surface area contributed by atoms with Gasteiger partial charge in [0, 0.05) is 30.4 Å². The molecule has 1 saturated heterocycles. The van der Waals surface area contributed by atoms with E-state index in [-0.39, 0.29) is 40.2 Å². The topological polar surface area (TPSA) is 69.7 Å². The highest BCUT2D eigenvalue weighted by atomic mass is 32.2. The van der Waals surface area contributed by atoms with Gasteiger partial charge in [0.05, 0.1) is 16.2 Å². The zero-order valence-corrected chi connectivity index (χ0v) is 22.8. The Bertz CT molecular complexity index is 1220. The van der Waals surface area contributed by atoms with Crippen LogP contribution in [-0.4, -0.2) is 67.6 Å². The van der Waals surface area contributed by atoms with Gasteiger partial charge >= 0.3 is 6.18 Å². The molecule has 0 bridgehead atoms. The maximum absolute atomic E-state index is 13.5. The van der Waals surface area contributed by atoms with E-state index in [0.717, 1.165) is 18.6 Å². The second-order valence-corrected chi connectivity index (χ2v) is 12.8. The molecule has 10 heteroatoms. The van der Waals surface area contributed by atoms with E-state index in [9.17, 15) is 26.4 Å². The van der Waals surface area contributed by atoms with Crippen molar-refractivity contribution in [1.82, 2.24) is 9.80 Å². The summed E-state index contributed by atoms with van der Waals surface area (Å²) >= 11 is 0. The average Bonchev–Trinajstić information content (AvgIpc) is 3.23. The van der Waals surface area contributed by atoms with Crippen LogP contribution in [0, 0.1) is 5.92 Å². The van der Waals surface area contributed by atoms with Crippen molar-refractivity contribution >= 4 is 21.4 Å². The Kier molecular flexibility index (Phi) is 8.42. The van der Waals surface area contributed by atoms with Crippen LogP contribution in [0.5, 0.6) is 0 Å². The molecule has 2 fully saturated rings. The maximum Gasteiger partial charge on any atom is 0.416 e. The predicted molar refractivity (Wildman–Crippen MR) is 141 cm³/mol. The number of amides is 1. The highest BCUT2D eigenvalue weighted by Gasteiger charge is 2.44. The number of halogens is 3. The van der Waals surface area contributed by atoms with Crippen molar-refractivity contribution in [2.75, 3.05) is 24.7 Å². The van der Waals surface area contributed by atoms with Crippen LogP contribution in [0.4, 0.5) is 18.9 Å². The normalized spacial score (nSPS) is 24.8. The van der Waals surface area contributed by atoms with Gasteiger partial charge in [0.15, 0.2) is 9.84 Å². The first-order valence-corrected chi connectivity index (χ1v) is 14.8. The van der Waals surface area contributed by atoms with Crippen LogP contribution in [0.15, 0.2) is 59.5 Å². The van der Waals surface area contributed by atoms with Crippen molar-refractivity contribution < 1.29 is 26.4 Å². The number of likely N-dealkylation sites (tertiary alicyclic amines) is 1. The summed E-state index contributed by atoms with van der Waals surface area (Å²) in [5.74, 6) is -0.499. The summed E-state index contributed by atoms with van der Waals surface area (Å²) in [4.78, 5) is 17.8. The standard InChI is InChI=1S/C28H36F3N3O3S/c1-19(2)33(3)23-12-13-26(20(16-23)18-38(36,37)24-10-5-4-6-11-24)34-15-14-25(27(34)35)32-22-9-7-8-21(17-22)28(29,30)31/h4-11,17,19-20,23,25-26,32H,12-16,18H2,1-3H3/t20-,23?,25?,26?/m0/s1. The highest BCUT2D eigenvalue weighted by Crippen LogP contribution is 2.36. The molecule has 2 aliphatic rings. The third kappa shape index (κ3) is 6.34. The largest absolute Gasteiger partial charge is 0.416 e. The summed E-state index contributed by atoms with van der Waals surface area (Å²) in [6, 6.07) is 12.8. The molecule has 3 unspecified atom stereocenters. The number of hydrogen-bond acceptors (Lipinski definition) is 5. The van der Waals surface area contributed by atoms with Gasteiger partial charge in [-0.05, 0) is 82.8 Å². The lowest BCUT2D eigenvalue weighted by Crippen LogP contribution is -2.52. The number of sulfone groups is 1. The first-order valence-electron chi connectivity index (χ1n) is 13.1. The van der Waals surface area contributed by atoms with Crippen LogP contribution in [0.1, 0.15) is 45.1 Å². The fourth-order valence-electron chi connectivity index (χ4n) is 5.76. The van der Waals surface area contributed by atoms with E-state index in [1.165, 1.54) is 12.1 Å². The van der Waals surface area contributed by atoms with Crippen LogP contribution < -0.4 is 5.32 Å². The minimum absolute atomic E-state index is 0.0559. The van der Waals surface area contributed by atoms with Crippen molar-refractivity contribution in [2.24, 2.45) is 5.92 Å². The van der Waals surface area contributed by atoms with E-state index in [1.54, 1.807) is 35.2 Å². The van der Waals surface area contributed by atoms with E-state index in [4.69, 9.17) is 0 Å². The number of carbonyl (C=O) groups is 1. The molecule has 208 valence electrons. The van der Waals surface area contributed by atoms with Crippen molar-refractivity contribution in [2.45, 2.75) is 74.8 Å². The minimum atomic E-state index is -4.47. The van der Waals surface area contributed by atoms with E-state index >= 15 is 0 Å². The summed E-state index contributed by atoms with van der Waals surface area (Å²) in [6.45, 7) is 4.65. The lowest BCUT2D eigenvalue weighted by atomic mass is 9.81. The number of hydrogen-bond donors (Lipinski definition) is 1. The van der Waals surface area contributed by atoms with E-state index in [1.807, 2.05) is 0 Å². The van der Waals surface area contributed by atoms with Crippen molar-refractivity contribution in [1.29, 1.82) is 0 Å². The third-order valence-corrected chi connectivity index (χ3v) is 9.87. The molecule has 6 nitrogen and oxygen atoms in total. The molecule has 4 atom stereocenters. The molecule has 0 spiro atoms. The fraction of sp³-hybridized carbons (Fsp3) is 0.536. The number of nitrogens with zero attached hydrogens (tertiary/aromatic N) is 2. The lowest BCUT2D eigenvalue weighted by Gasteiger charge is -2.44. The van der Waals surface area contributed by atoms with Crippen molar-refractivity contribution in [3.05, 3.63) is 60.2 Å². The number of nitrogens with one attached hydrogen (secondary N) is 1. The maximum atomic E-state index is 13.5. The number of anilines is 1. The van der Waals surface area contributed by atoms with E-state index < -0.39 is 27.6 Å². The summed E-state index contributed by atoms with van der Waals surface area (Å²) in [5, 5.41) is 2.99. The molecule has 0 radical (unpaired) electrons. The first kappa shape index (κ1) is 28.4. The number of rotatable bonds is 8. The summed E-state index contributed by atoms with van der Waals surface area (Å²) in [6.07, 6.45) is -1.85. The van der Waals surface area contributed by atoms with Crippen LogP contribution in [-0.2, 0) is 20.8 Å². The quantitative estimate of drug-likeness (QED) is 0.496. The van der Waals surface area contributed by atoms with Gasteiger partial charge in [0.2, 0.25) is 5.91 Å². The lowest BCUT2D eigenvalue weighted by molar-refractivity contribution is -0.137. The highest BCUT2D eigenvalue weighted by molar-refractivity contribution is 7.91. The molecule has 2 aromatic rings. The van der Waals surface area contributed by atoms with Gasteiger partial charge in [-0.15, -0.1) is 0 Å². The zero-order valence-electron chi connectivity index (χ0n) is 22.0. The molecular weight excluding hydrogens is 515 g/mol. The Labute approximate surface area is 223 Å². The van der Waals surface area contributed by atoms with Gasteiger partial charge in [-0.3, -0.25) is 4.79 Å². The number of alkyl halides is 3. The third-order valence-electron chi connectivity index (χ3n) is 8.01. The van der Waals surface area contributed by atoms with Gasteiger partial charge in [-0.25, -0.2) is 8.42 Å². The Morgan fingerprint density at radius 3 is 2.42 bits per heavy atom. The Morgan fingerprint density at radius 2 is 1.76 bits per heavy atom. The van der Waals surface area contributed by atoms with Gasteiger partial charge in [-0.2, -0.15) is 13.2 Å². The Morgan fingerprint density at radius 1 is 1.05 bits per heavy atom.